The summed E-state index contributed by atoms with van der Waals surface area (Å²) in [5, 5.41) is 10.3. The molecule has 11 aliphatic rings. The second-order valence-electron chi connectivity index (χ2n) is 27.7. The first-order valence-electron chi connectivity index (χ1n) is 30.3. The number of fused-ring (bicyclic) bond motifs is 10. The van der Waals surface area contributed by atoms with E-state index in [1.54, 1.807) is 11.8 Å². The van der Waals surface area contributed by atoms with Crippen molar-refractivity contribution in [1.82, 2.24) is 20.9 Å². The Labute approximate surface area is 456 Å². The number of carbonyl (C=O) groups excluding carboxylic acids is 4. The van der Waals surface area contributed by atoms with Crippen molar-refractivity contribution >= 4 is 23.7 Å². The highest BCUT2D eigenvalue weighted by atomic mass is 16.6. The summed E-state index contributed by atoms with van der Waals surface area (Å²) in [6.45, 7) is 13.6. The van der Waals surface area contributed by atoms with E-state index >= 15 is 4.79 Å². The van der Waals surface area contributed by atoms with Crippen molar-refractivity contribution in [3.05, 3.63) is 64.7 Å². The van der Waals surface area contributed by atoms with Crippen LogP contribution in [0.5, 0.6) is 5.75 Å². The molecule has 2 aromatic carbocycles. The molecule has 3 N–H and O–H groups in total. The zero-order valence-corrected chi connectivity index (χ0v) is 46.6. The van der Waals surface area contributed by atoms with Gasteiger partial charge in [-0.25, -0.2) is 0 Å². The number of benzene rings is 2. The number of hydrogen-bond donors (Lipinski definition) is 3. The normalized spacial score (nSPS) is 40.9. The summed E-state index contributed by atoms with van der Waals surface area (Å²) in [7, 11) is 0. The highest BCUT2D eigenvalue weighted by Crippen LogP contribution is 2.56. The Balaban J connectivity index is 0.793. The van der Waals surface area contributed by atoms with Crippen molar-refractivity contribution in [1.29, 1.82) is 0 Å². The van der Waals surface area contributed by atoms with Crippen LogP contribution in [0.25, 0.3) is 0 Å². The van der Waals surface area contributed by atoms with Crippen LogP contribution in [0.2, 0.25) is 0 Å². The molecule has 7 heterocycles. The van der Waals surface area contributed by atoms with Crippen LogP contribution < -0.4 is 20.7 Å². The molecule has 418 valence electrons. The lowest BCUT2D eigenvalue weighted by atomic mass is 9.56. The standard InChI is InChI=1S/C63H86N4O10/c1-7-55(68)66-58(62(2,3)4)60(70)67-31-40-21-42(16-15-34(40)24-48(67)59(69)65-46-14-10-12-33-11-8-9-13-43(33)46)73-57-44-22-35-19-37-20-39-30-63(5,6)77-61(71)56(39)64-47(37)23-36(35)25-51(44)76-52-26-38-27-53-54(75-50(38)29-45(52)57)28-41-32-72-18-17-49(41)74-53/h8-9,11,13,15-16,21,35-39,41,44-54,56-58,64H,7,10,12,14,17-20,22-32H2,1-6H3,(H,65,69)(H,66,68)/t35?,36?,37?,38?,39?,41?,44?,45?,46-,47?,48+,49?,50?,51?,52?,53?,54?,56?,57?,58-/m1/s1. The molecular formula is C63H86N4O10. The summed E-state index contributed by atoms with van der Waals surface area (Å²) in [5.41, 5.74) is 3.35. The quantitative estimate of drug-likeness (QED) is 0.230. The molecule has 3 amide bonds. The van der Waals surface area contributed by atoms with Gasteiger partial charge in [-0.15, -0.1) is 0 Å². The fourth-order valence-corrected chi connectivity index (χ4v) is 17.5. The third kappa shape index (κ3) is 10.1. The molecule has 77 heavy (non-hydrogen) atoms. The molecule has 0 aromatic heterocycles. The number of carbonyl (C=O) groups is 4. The van der Waals surface area contributed by atoms with E-state index < -0.39 is 23.1 Å². The number of piperidine rings is 1. The summed E-state index contributed by atoms with van der Waals surface area (Å²) >= 11 is 0. The van der Waals surface area contributed by atoms with Gasteiger partial charge in [0.05, 0.1) is 49.3 Å². The molecule has 0 bridgehead atoms. The van der Waals surface area contributed by atoms with Crippen molar-refractivity contribution in [2.45, 2.75) is 229 Å². The molecule has 9 fully saturated rings. The van der Waals surface area contributed by atoms with Gasteiger partial charge in [0.2, 0.25) is 17.7 Å². The van der Waals surface area contributed by atoms with E-state index in [0.29, 0.717) is 42.1 Å². The summed E-state index contributed by atoms with van der Waals surface area (Å²) in [4.78, 5) is 58.1. The minimum Gasteiger partial charge on any atom is -0.490 e. The highest BCUT2D eigenvalue weighted by Gasteiger charge is 2.59. The lowest BCUT2D eigenvalue weighted by Gasteiger charge is -2.59. The van der Waals surface area contributed by atoms with Crippen molar-refractivity contribution in [3.8, 4) is 5.75 Å². The topological polar surface area (TPSA) is 163 Å². The molecule has 2 aromatic rings. The first kappa shape index (κ1) is 52.3. The molecule has 20 atom stereocenters. The summed E-state index contributed by atoms with van der Waals surface area (Å²) in [6.07, 6.45) is 14.8. The third-order valence-electron chi connectivity index (χ3n) is 21.3. The monoisotopic (exact) mass is 1060 g/mol. The average molecular weight is 1060 g/mol. The summed E-state index contributed by atoms with van der Waals surface area (Å²) in [6, 6.07) is 13.1. The molecule has 4 aliphatic carbocycles. The number of cyclic esters (lactones) is 1. The van der Waals surface area contributed by atoms with Gasteiger partial charge in [-0.1, -0.05) is 58.0 Å². The lowest BCUT2D eigenvalue weighted by Crippen LogP contribution is -2.65. The van der Waals surface area contributed by atoms with Crippen LogP contribution in [0.4, 0.5) is 0 Å². The highest BCUT2D eigenvalue weighted by molar-refractivity contribution is 5.93. The smallest absolute Gasteiger partial charge is 0.323 e. The molecule has 0 radical (unpaired) electrons. The molecule has 0 spiro atoms. The van der Waals surface area contributed by atoms with E-state index in [-0.39, 0.29) is 109 Å². The largest absolute Gasteiger partial charge is 0.490 e. The van der Waals surface area contributed by atoms with Crippen LogP contribution in [-0.4, -0.2) is 114 Å². The molecule has 3 saturated carbocycles. The number of amides is 3. The predicted molar refractivity (Wildman–Crippen MR) is 287 cm³/mol. The maximum atomic E-state index is 15.2. The Hall–Kier alpha value is -4.08. The van der Waals surface area contributed by atoms with E-state index in [9.17, 15) is 14.4 Å². The van der Waals surface area contributed by atoms with E-state index in [2.05, 4.69) is 66.2 Å². The zero-order valence-electron chi connectivity index (χ0n) is 46.6. The van der Waals surface area contributed by atoms with Gasteiger partial charge in [0.15, 0.2) is 0 Å². The van der Waals surface area contributed by atoms with Gasteiger partial charge < -0.3 is 49.3 Å². The number of esters is 1. The van der Waals surface area contributed by atoms with Gasteiger partial charge in [0.1, 0.15) is 35.6 Å². The third-order valence-corrected chi connectivity index (χ3v) is 21.3. The van der Waals surface area contributed by atoms with Gasteiger partial charge in [-0.2, -0.15) is 0 Å². The summed E-state index contributed by atoms with van der Waals surface area (Å²) < 4.78 is 40.9. The molecule has 7 aliphatic heterocycles. The van der Waals surface area contributed by atoms with Gasteiger partial charge >= 0.3 is 5.97 Å². The van der Waals surface area contributed by atoms with Crippen molar-refractivity contribution < 1.29 is 47.6 Å². The first-order chi connectivity index (χ1) is 37.0. The molecular weight excluding hydrogens is 973 g/mol. The van der Waals surface area contributed by atoms with Crippen LogP contribution in [0.1, 0.15) is 160 Å². The predicted octanol–water partition coefficient (Wildman–Crippen LogP) is 8.09. The van der Waals surface area contributed by atoms with Crippen molar-refractivity contribution in [2.75, 3.05) is 13.2 Å². The second-order valence-corrected chi connectivity index (χ2v) is 27.7. The van der Waals surface area contributed by atoms with Crippen LogP contribution >= 0.6 is 0 Å². The SMILES string of the molecule is CCC(=O)N[C@H](C(=O)N1Cc2cc(OC3C4CC5CC6CC7CC(C)(C)OC(=O)C7NC6CC5CC4OC4CC5CC6OC7CCOCC7CC6OC5CC43)ccc2C[C@H]1C(=O)N[C@@H]1CCCc2ccccc21)C(C)(C)C. The first-order valence-corrected chi connectivity index (χ1v) is 30.3. The van der Waals surface area contributed by atoms with Crippen LogP contribution in [-0.2, 0) is 62.2 Å². The Morgan fingerprint density at radius 1 is 0.779 bits per heavy atom. The Kier molecular flexibility index (Phi) is 13.9. The minimum atomic E-state index is -0.829. The number of nitrogens with zero attached hydrogens (tertiary/aromatic N) is 1. The number of hydrogen-bond acceptors (Lipinski definition) is 11. The molecule has 13 rings (SSSR count). The number of nitrogens with one attached hydrogen (secondary N) is 3. The molecule has 14 nitrogen and oxygen atoms in total. The second kappa shape index (κ2) is 20.5. The maximum absolute atomic E-state index is 15.2. The van der Waals surface area contributed by atoms with E-state index in [1.807, 2.05) is 26.8 Å². The fraction of sp³-hybridized carbons (Fsp3) is 0.746. The molecule has 14 heteroatoms. The summed E-state index contributed by atoms with van der Waals surface area (Å²) in [5.74, 6) is 2.97. The number of ether oxygens (including phenoxy) is 6. The van der Waals surface area contributed by atoms with E-state index in [1.165, 1.54) is 5.56 Å². The van der Waals surface area contributed by atoms with Gasteiger partial charge in [0, 0.05) is 49.8 Å². The van der Waals surface area contributed by atoms with Crippen molar-refractivity contribution in [2.24, 2.45) is 52.8 Å². The van der Waals surface area contributed by atoms with Crippen molar-refractivity contribution in [3.63, 3.8) is 0 Å². The molecule has 6 saturated heterocycles. The maximum Gasteiger partial charge on any atom is 0.323 e. The van der Waals surface area contributed by atoms with E-state index in [0.717, 1.165) is 126 Å². The van der Waals surface area contributed by atoms with Crippen LogP contribution in [0.15, 0.2) is 42.5 Å². The Morgan fingerprint density at radius 2 is 1.51 bits per heavy atom. The number of rotatable bonds is 7. The zero-order chi connectivity index (χ0) is 53.1. The Bertz CT molecular complexity index is 2580. The number of aryl methyl sites for hydroxylation is 1. The van der Waals surface area contributed by atoms with Gasteiger partial charge in [0.25, 0.3) is 0 Å². The average Bonchev–Trinajstić information content (AvgIpc) is 3.46. The lowest BCUT2D eigenvalue weighted by molar-refractivity contribution is -0.271. The minimum absolute atomic E-state index is 0.0256. The van der Waals surface area contributed by atoms with Gasteiger partial charge in [-0.05, 0) is 173 Å². The molecule has 17 unspecified atom stereocenters. The fourth-order valence-electron chi connectivity index (χ4n) is 17.5. The Morgan fingerprint density at radius 3 is 2.32 bits per heavy atom. The van der Waals surface area contributed by atoms with Crippen LogP contribution in [0.3, 0.4) is 0 Å². The van der Waals surface area contributed by atoms with E-state index in [4.69, 9.17) is 28.4 Å². The van der Waals surface area contributed by atoms with Gasteiger partial charge in [-0.3, -0.25) is 19.2 Å². The van der Waals surface area contributed by atoms with Crippen LogP contribution in [0, 0.1) is 52.8 Å².